The summed E-state index contributed by atoms with van der Waals surface area (Å²) >= 11 is 0. The van der Waals surface area contributed by atoms with Crippen LogP contribution in [0.3, 0.4) is 0 Å². The number of amides is 1. The predicted molar refractivity (Wildman–Crippen MR) is 89.0 cm³/mol. The van der Waals surface area contributed by atoms with Gasteiger partial charge in [0.2, 0.25) is 0 Å². The van der Waals surface area contributed by atoms with E-state index in [2.05, 4.69) is 10.4 Å². The van der Waals surface area contributed by atoms with E-state index in [4.69, 9.17) is 0 Å². The molecule has 6 heteroatoms. The van der Waals surface area contributed by atoms with Gasteiger partial charge >= 0.3 is 0 Å². The highest BCUT2D eigenvalue weighted by Gasteiger charge is 2.18. The van der Waals surface area contributed by atoms with Gasteiger partial charge in [-0.05, 0) is 42.8 Å². The fourth-order valence-corrected chi connectivity index (χ4v) is 2.48. The van der Waals surface area contributed by atoms with Crippen LogP contribution in [0.15, 0.2) is 54.7 Å². The van der Waals surface area contributed by atoms with Gasteiger partial charge in [0.05, 0.1) is 28.8 Å². The molecule has 0 aliphatic carbocycles. The number of aromatic nitrogens is 2. The van der Waals surface area contributed by atoms with Gasteiger partial charge in [0.1, 0.15) is 11.6 Å². The first kappa shape index (κ1) is 15.7. The Bertz CT molecular complexity index is 872. The molecule has 3 rings (SSSR count). The third-order valence-corrected chi connectivity index (χ3v) is 3.67. The summed E-state index contributed by atoms with van der Waals surface area (Å²) in [5.74, 6) is -0.696. The lowest BCUT2D eigenvalue weighted by Gasteiger charge is -2.09. The minimum Gasteiger partial charge on any atom is -0.506 e. The number of phenols is 1. The van der Waals surface area contributed by atoms with Gasteiger partial charge in [0.15, 0.2) is 0 Å². The number of carbonyl (C=O) groups excluding carboxylic acids is 1. The lowest BCUT2D eigenvalue weighted by Crippen LogP contribution is -2.14. The SMILES string of the molecule is CCc1c(C(=O)Nc2ccccc2O)cnn1-c1ccc(F)cc1. The molecule has 1 heterocycles. The van der Waals surface area contributed by atoms with E-state index in [9.17, 15) is 14.3 Å². The van der Waals surface area contributed by atoms with Crippen molar-refractivity contribution in [2.75, 3.05) is 5.32 Å². The number of benzene rings is 2. The topological polar surface area (TPSA) is 67.2 Å². The molecule has 0 bridgehead atoms. The highest BCUT2D eigenvalue weighted by Crippen LogP contribution is 2.23. The van der Waals surface area contributed by atoms with E-state index in [0.29, 0.717) is 29.1 Å². The molecule has 122 valence electrons. The van der Waals surface area contributed by atoms with Crippen molar-refractivity contribution < 1.29 is 14.3 Å². The van der Waals surface area contributed by atoms with Gasteiger partial charge in [-0.3, -0.25) is 4.79 Å². The second kappa shape index (κ2) is 6.54. The fourth-order valence-electron chi connectivity index (χ4n) is 2.48. The Morgan fingerprint density at radius 3 is 2.58 bits per heavy atom. The standard InChI is InChI=1S/C18H16FN3O2/c1-2-16-14(18(24)21-15-5-3-4-6-17(15)23)11-20-22(16)13-9-7-12(19)8-10-13/h3-11,23H,2H2,1H3,(H,21,24). The molecule has 0 fully saturated rings. The molecule has 2 N–H and O–H groups in total. The zero-order chi connectivity index (χ0) is 17.1. The molecule has 0 aliphatic rings. The van der Waals surface area contributed by atoms with Gasteiger partial charge in [-0.1, -0.05) is 19.1 Å². The van der Waals surface area contributed by atoms with Crippen molar-refractivity contribution in [1.29, 1.82) is 0 Å². The number of halogens is 1. The van der Waals surface area contributed by atoms with Gasteiger partial charge in [-0.2, -0.15) is 5.10 Å². The first-order chi connectivity index (χ1) is 11.6. The molecule has 1 aromatic heterocycles. The van der Waals surface area contributed by atoms with E-state index in [1.807, 2.05) is 6.92 Å². The average molecular weight is 325 g/mol. The lowest BCUT2D eigenvalue weighted by atomic mass is 10.1. The molecular weight excluding hydrogens is 309 g/mol. The molecule has 0 atom stereocenters. The van der Waals surface area contributed by atoms with Crippen molar-refractivity contribution in [3.63, 3.8) is 0 Å². The maximum absolute atomic E-state index is 13.1. The number of nitrogens with one attached hydrogen (secondary N) is 1. The van der Waals surface area contributed by atoms with Crippen LogP contribution in [0.5, 0.6) is 5.75 Å². The highest BCUT2D eigenvalue weighted by atomic mass is 19.1. The van der Waals surface area contributed by atoms with E-state index in [1.165, 1.54) is 24.4 Å². The molecule has 0 unspecified atom stereocenters. The normalized spacial score (nSPS) is 10.6. The minimum atomic E-state index is -0.360. The molecule has 24 heavy (non-hydrogen) atoms. The molecule has 2 aromatic carbocycles. The number of anilines is 1. The third-order valence-electron chi connectivity index (χ3n) is 3.67. The van der Waals surface area contributed by atoms with Gasteiger partial charge in [0.25, 0.3) is 5.91 Å². The number of para-hydroxylation sites is 2. The van der Waals surface area contributed by atoms with E-state index >= 15 is 0 Å². The number of nitrogens with zero attached hydrogens (tertiary/aromatic N) is 2. The first-order valence-corrected chi connectivity index (χ1v) is 7.52. The molecule has 3 aromatic rings. The largest absolute Gasteiger partial charge is 0.506 e. The minimum absolute atomic E-state index is 0.00479. The number of hydrogen-bond donors (Lipinski definition) is 2. The summed E-state index contributed by atoms with van der Waals surface area (Å²) in [5.41, 5.74) is 2.12. The Hall–Kier alpha value is -3.15. The molecule has 0 aliphatic heterocycles. The van der Waals surface area contributed by atoms with Crippen LogP contribution >= 0.6 is 0 Å². The number of carbonyl (C=O) groups is 1. The lowest BCUT2D eigenvalue weighted by molar-refractivity contribution is 0.102. The zero-order valence-corrected chi connectivity index (χ0v) is 13.0. The summed E-state index contributed by atoms with van der Waals surface area (Å²) in [5, 5.41) is 16.7. The van der Waals surface area contributed by atoms with Crippen molar-refractivity contribution in [2.45, 2.75) is 13.3 Å². The van der Waals surface area contributed by atoms with Crippen molar-refractivity contribution in [3.05, 3.63) is 71.8 Å². The first-order valence-electron chi connectivity index (χ1n) is 7.52. The van der Waals surface area contributed by atoms with Crippen LogP contribution in [0.2, 0.25) is 0 Å². The summed E-state index contributed by atoms with van der Waals surface area (Å²) in [7, 11) is 0. The molecule has 0 radical (unpaired) electrons. The summed E-state index contributed by atoms with van der Waals surface area (Å²) in [6.07, 6.45) is 2.04. The van der Waals surface area contributed by atoms with Crippen LogP contribution in [0.1, 0.15) is 23.0 Å². The number of aromatic hydroxyl groups is 1. The monoisotopic (exact) mass is 325 g/mol. The number of rotatable bonds is 4. The average Bonchev–Trinajstić information content (AvgIpc) is 3.01. The summed E-state index contributed by atoms with van der Waals surface area (Å²) in [6.45, 7) is 1.91. The van der Waals surface area contributed by atoms with Crippen LogP contribution in [-0.4, -0.2) is 20.8 Å². The Balaban J connectivity index is 1.93. The van der Waals surface area contributed by atoms with Gasteiger partial charge in [-0.25, -0.2) is 9.07 Å². The van der Waals surface area contributed by atoms with Gasteiger partial charge < -0.3 is 10.4 Å². The predicted octanol–water partition coefficient (Wildman–Crippen LogP) is 3.53. The van der Waals surface area contributed by atoms with Crippen LogP contribution < -0.4 is 5.32 Å². The second-order valence-electron chi connectivity index (χ2n) is 5.22. The van der Waals surface area contributed by atoms with Crippen LogP contribution in [0.25, 0.3) is 5.69 Å². The molecule has 0 saturated carbocycles. The third kappa shape index (κ3) is 2.99. The molecule has 0 spiro atoms. The molecule has 1 amide bonds. The van der Waals surface area contributed by atoms with E-state index in [-0.39, 0.29) is 17.5 Å². The van der Waals surface area contributed by atoms with Crippen molar-refractivity contribution in [2.24, 2.45) is 0 Å². The van der Waals surface area contributed by atoms with E-state index < -0.39 is 0 Å². The summed E-state index contributed by atoms with van der Waals surface area (Å²) in [4.78, 5) is 12.5. The number of hydrogen-bond acceptors (Lipinski definition) is 3. The second-order valence-corrected chi connectivity index (χ2v) is 5.22. The Morgan fingerprint density at radius 2 is 1.92 bits per heavy atom. The van der Waals surface area contributed by atoms with Crippen molar-refractivity contribution in [1.82, 2.24) is 9.78 Å². The van der Waals surface area contributed by atoms with Crippen molar-refractivity contribution >= 4 is 11.6 Å². The smallest absolute Gasteiger partial charge is 0.259 e. The zero-order valence-electron chi connectivity index (χ0n) is 13.0. The molecule has 0 saturated heterocycles. The van der Waals surface area contributed by atoms with Crippen LogP contribution in [0.4, 0.5) is 10.1 Å². The van der Waals surface area contributed by atoms with Crippen LogP contribution in [0, 0.1) is 5.82 Å². The fraction of sp³-hybridized carbons (Fsp3) is 0.111. The molecular formula is C18H16FN3O2. The van der Waals surface area contributed by atoms with E-state index in [0.717, 1.165) is 0 Å². The summed E-state index contributed by atoms with van der Waals surface area (Å²) in [6, 6.07) is 12.4. The Labute approximate surface area is 138 Å². The van der Waals surface area contributed by atoms with E-state index in [1.54, 1.807) is 35.0 Å². The Kier molecular flexibility index (Phi) is 4.29. The van der Waals surface area contributed by atoms with Crippen LogP contribution in [-0.2, 0) is 6.42 Å². The maximum atomic E-state index is 13.1. The number of phenolic OH excluding ortho intramolecular Hbond substituents is 1. The molecule has 5 nitrogen and oxygen atoms in total. The van der Waals surface area contributed by atoms with Gasteiger partial charge in [0, 0.05) is 0 Å². The Morgan fingerprint density at radius 1 is 1.21 bits per heavy atom. The summed E-state index contributed by atoms with van der Waals surface area (Å²) < 4.78 is 14.7. The van der Waals surface area contributed by atoms with Gasteiger partial charge in [-0.15, -0.1) is 0 Å². The quantitative estimate of drug-likeness (QED) is 0.721. The van der Waals surface area contributed by atoms with Crippen molar-refractivity contribution in [3.8, 4) is 11.4 Å². The maximum Gasteiger partial charge on any atom is 0.259 e. The highest BCUT2D eigenvalue weighted by molar-refractivity contribution is 6.05.